The van der Waals surface area contributed by atoms with Crippen molar-refractivity contribution >= 4 is 24.3 Å². The lowest BCUT2D eigenvalue weighted by molar-refractivity contribution is 1.53. The highest BCUT2D eigenvalue weighted by atomic mass is 14.2. The van der Waals surface area contributed by atoms with Crippen LogP contribution in [0.5, 0.6) is 0 Å². The van der Waals surface area contributed by atoms with Gasteiger partial charge in [0.1, 0.15) is 0 Å². The predicted octanol–water partition coefficient (Wildman–Crippen LogP) is 7.59. The first-order valence-electron chi connectivity index (χ1n) is 8.60. The van der Waals surface area contributed by atoms with E-state index in [1.165, 1.54) is 0 Å². The van der Waals surface area contributed by atoms with Crippen LogP contribution in [0, 0.1) is 0 Å². The van der Waals surface area contributed by atoms with Crippen molar-refractivity contribution in [2.45, 2.75) is 0 Å². The van der Waals surface area contributed by atoms with E-state index < -0.39 is 0 Å². The van der Waals surface area contributed by atoms with Gasteiger partial charge >= 0.3 is 0 Å². The smallest absolute Gasteiger partial charge is 0.00992 e. The van der Waals surface area contributed by atoms with E-state index in [2.05, 4.69) is 62.7 Å². The number of hydrogen-bond acceptors (Lipinski definition) is 0. The van der Waals surface area contributed by atoms with E-state index in [-0.39, 0.29) is 0 Å². The molecular weight excluding hydrogens is 312 g/mol. The second-order valence-electron chi connectivity index (χ2n) is 6.02. The fourth-order valence-electron chi connectivity index (χ4n) is 3.28. The monoisotopic (exact) mass is 334 g/mol. The molecule has 0 bridgehead atoms. The molecule has 0 spiro atoms. The quantitative estimate of drug-likeness (QED) is 0.435. The van der Waals surface area contributed by atoms with Crippen molar-refractivity contribution in [2.75, 3.05) is 0 Å². The molecule has 0 heterocycles. The number of rotatable bonds is 6. The zero-order valence-electron chi connectivity index (χ0n) is 14.9. The molecule has 0 heteroatoms. The zero-order chi connectivity index (χ0) is 18.5. The molecule has 0 N–H and O–H groups in total. The largest absolute Gasteiger partial charge is 0.0984 e. The Kier molecular flexibility index (Phi) is 5.15. The predicted molar refractivity (Wildman–Crippen MR) is 118 cm³/mol. The van der Waals surface area contributed by atoms with Gasteiger partial charge in [0.2, 0.25) is 0 Å². The normalized spacial score (nSPS) is 10.2. The van der Waals surface area contributed by atoms with E-state index in [1.54, 1.807) is 0 Å². The summed E-state index contributed by atoms with van der Waals surface area (Å²) in [6, 6.07) is 20.9. The molecule has 3 rings (SSSR count). The molecule has 3 aromatic rings. The molecule has 0 radical (unpaired) electrons. The van der Waals surface area contributed by atoms with Crippen molar-refractivity contribution in [1.82, 2.24) is 0 Å². The van der Waals surface area contributed by atoms with E-state index in [0.717, 1.165) is 44.5 Å². The average molecular weight is 334 g/mol. The summed E-state index contributed by atoms with van der Waals surface area (Å²) in [5.41, 5.74) is 8.91. The van der Waals surface area contributed by atoms with Crippen molar-refractivity contribution in [3.8, 4) is 22.3 Å². The summed E-state index contributed by atoms with van der Waals surface area (Å²) in [4.78, 5) is 0. The highest BCUT2D eigenvalue weighted by Gasteiger charge is 2.13. The minimum Gasteiger partial charge on any atom is -0.0984 e. The number of hydrogen-bond donors (Lipinski definition) is 0. The van der Waals surface area contributed by atoms with Crippen LogP contribution in [0.15, 0.2) is 87.0 Å². The van der Waals surface area contributed by atoms with Crippen LogP contribution < -0.4 is 0 Å². The number of benzene rings is 3. The van der Waals surface area contributed by atoms with Crippen LogP contribution in [0.25, 0.3) is 46.6 Å². The fourth-order valence-corrected chi connectivity index (χ4v) is 3.28. The van der Waals surface area contributed by atoms with Gasteiger partial charge in [0.15, 0.2) is 0 Å². The maximum Gasteiger partial charge on any atom is -0.00992 e. The Morgan fingerprint density at radius 3 is 1.12 bits per heavy atom. The molecule has 3 aromatic carbocycles. The minimum atomic E-state index is 1.08. The van der Waals surface area contributed by atoms with Gasteiger partial charge in [-0.25, -0.2) is 0 Å². The van der Waals surface area contributed by atoms with Crippen LogP contribution in [0.3, 0.4) is 0 Å². The molecule has 0 aliphatic carbocycles. The van der Waals surface area contributed by atoms with Crippen LogP contribution in [0.4, 0.5) is 0 Å². The molecule has 0 saturated carbocycles. The summed E-state index contributed by atoms with van der Waals surface area (Å²) in [5, 5.41) is 0. The Morgan fingerprint density at radius 2 is 0.769 bits per heavy atom. The molecule has 26 heavy (non-hydrogen) atoms. The van der Waals surface area contributed by atoms with Crippen molar-refractivity contribution in [3.63, 3.8) is 0 Å². The Balaban J connectivity index is 2.31. The zero-order valence-corrected chi connectivity index (χ0v) is 14.9. The van der Waals surface area contributed by atoms with E-state index in [4.69, 9.17) is 0 Å². The lowest BCUT2D eigenvalue weighted by Gasteiger charge is -2.16. The molecule has 0 amide bonds. The van der Waals surface area contributed by atoms with Crippen molar-refractivity contribution in [2.24, 2.45) is 0 Å². The minimum absolute atomic E-state index is 1.08. The molecule has 126 valence electrons. The third-order valence-electron chi connectivity index (χ3n) is 4.60. The Bertz CT molecular complexity index is 919. The van der Waals surface area contributed by atoms with Gasteiger partial charge in [-0.15, -0.1) is 0 Å². The highest BCUT2D eigenvalue weighted by Crippen LogP contribution is 2.36. The van der Waals surface area contributed by atoms with Gasteiger partial charge in [-0.2, -0.15) is 0 Å². The van der Waals surface area contributed by atoms with E-state index in [1.807, 2.05) is 48.6 Å². The van der Waals surface area contributed by atoms with Gasteiger partial charge < -0.3 is 0 Å². The Labute approximate surface area is 156 Å². The SMILES string of the molecule is C=Cc1ccccc1-c1cc(C=C)c(-c2ccccc2C=C)cc1C=C. The van der Waals surface area contributed by atoms with Gasteiger partial charge in [-0.05, 0) is 56.6 Å². The molecule has 0 aliphatic rings. The molecule has 0 atom stereocenters. The first-order chi connectivity index (χ1) is 12.7. The molecule has 0 saturated heterocycles. The Hall–Kier alpha value is -3.38. The lowest BCUT2D eigenvalue weighted by atomic mass is 9.87. The van der Waals surface area contributed by atoms with Gasteiger partial charge in [0.25, 0.3) is 0 Å². The maximum absolute atomic E-state index is 4.03. The summed E-state index contributed by atoms with van der Waals surface area (Å²) < 4.78 is 0. The summed E-state index contributed by atoms with van der Waals surface area (Å²) in [6.07, 6.45) is 7.58. The topological polar surface area (TPSA) is 0 Å². The van der Waals surface area contributed by atoms with E-state index >= 15 is 0 Å². The molecule has 0 nitrogen and oxygen atoms in total. The van der Waals surface area contributed by atoms with Gasteiger partial charge in [-0.1, -0.05) is 99.2 Å². The second kappa shape index (κ2) is 7.67. The lowest BCUT2D eigenvalue weighted by Crippen LogP contribution is -1.93. The molecule has 0 fully saturated rings. The van der Waals surface area contributed by atoms with Crippen molar-refractivity contribution < 1.29 is 0 Å². The van der Waals surface area contributed by atoms with Crippen LogP contribution in [0.2, 0.25) is 0 Å². The molecule has 0 aliphatic heterocycles. The standard InChI is InChI=1S/C26H22/c1-5-19-13-9-11-15-23(19)25-17-22(8-4)26(18-21(25)7-3)24-16-12-10-14-20(24)6-2/h5-18H,1-4H2. The summed E-state index contributed by atoms with van der Waals surface area (Å²) in [7, 11) is 0. The highest BCUT2D eigenvalue weighted by molar-refractivity contribution is 5.89. The third-order valence-corrected chi connectivity index (χ3v) is 4.60. The third kappa shape index (κ3) is 3.10. The summed E-state index contributed by atoms with van der Waals surface area (Å²) in [6.45, 7) is 16.0. The van der Waals surface area contributed by atoms with Gasteiger partial charge in [0.05, 0.1) is 0 Å². The van der Waals surface area contributed by atoms with Crippen LogP contribution >= 0.6 is 0 Å². The van der Waals surface area contributed by atoms with Gasteiger partial charge in [0, 0.05) is 0 Å². The molecular formula is C26H22. The molecule has 0 unspecified atom stereocenters. The van der Waals surface area contributed by atoms with Crippen molar-refractivity contribution in [1.29, 1.82) is 0 Å². The molecule has 0 aromatic heterocycles. The first kappa shape index (κ1) is 17.4. The summed E-state index contributed by atoms with van der Waals surface area (Å²) >= 11 is 0. The van der Waals surface area contributed by atoms with E-state index in [9.17, 15) is 0 Å². The second-order valence-corrected chi connectivity index (χ2v) is 6.02. The summed E-state index contributed by atoms with van der Waals surface area (Å²) in [5.74, 6) is 0. The maximum atomic E-state index is 4.03. The van der Waals surface area contributed by atoms with Crippen LogP contribution in [0.1, 0.15) is 22.3 Å². The van der Waals surface area contributed by atoms with Crippen molar-refractivity contribution in [3.05, 3.63) is 109 Å². The van der Waals surface area contributed by atoms with E-state index in [0.29, 0.717) is 0 Å². The Morgan fingerprint density at radius 1 is 0.423 bits per heavy atom. The fraction of sp³-hybridized carbons (Fsp3) is 0. The van der Waals surface area contributed by atoms with Gasteiger partial charge in [-0.3, -0.25) is 0 Å². The van der Waals surface area contributed by atoms with Crippen LogP contribution in [-0.4, -0.2) is 0 Å². The first-order valence-corrected chi connectivity index (χ1v) is 8.60. The van der Waals surface area contributed by atoms with Crippen LogP contribution in [-0.2, 0) is 0 Å². The average Bonchev–Trinajstić information content (AvgIpc) is 2.72.